The molecule has 2 N–H and O–H groups in total. The minimum atomic E-state index is -1.28. The van der Waals surface area contributed by atoms with E-state index in [0.29, 0.717) is 19.5 Å². The molecule has 8 nitrogen and oxygen atoms in total. The SMILES string of the molecule is CCC(COC)(NC(=O)OCC1c2ccccc2-c2ccccc21)C(=O)N1CC(C(C)C(=O)O)C1. The van der Waals surface area contributed by atoms with E-state index in [9.17, 15) is 19.5 Å². The molecule has 2 unspecified atom stereocenters. The molecule has 186 valence electrons. The number of carboxylic acids is 1. The van der Waals surface area contributed by atoms with Gasteiger partial charge in [-0.2, -0.15) is 0 Å². The van der Waals surface area contributed by atoms with Crippen molar-refractivity contribution < 1.29 is 29.0 Å². The second-order valence-corrected chi connectivity index (χ2v) is 9.42. The minimum absolute atomic E-state index is 0.0117. The summed E-state index contributed by atoms with van der Waals surface area (Å²) < 4.78 is 11.0. The van der Waals surface area contributed by atoms with Crippen molar-refractivity contribution in [2.75, 3.05) is 33.4 Å². The highest BCUT2D eigenvalue weighted by Gasteiger charge is 2.47. The van der Waals surface area contributed by atoms with Gasteiger partial charge in [-0.1, -0.05) is 62.4 Å². The zero-order chi connectivity index (χ0) is 25.2. The van der Waals surface area contributed by atoms with E-state index in [2.05, 4.69) is 17.4 Å². The molecular weight excluding hydrogens is 448 g/mol. The molecule has 0 saturated carbocycles. The van der Waals surface area contributed by atoms with Crippen LogP contribution in [-0.2, 0) is 19.1 Å². The van der Waals surface area contributed by atoms with E-state index in [-0.39, 0.29) is 31.0 Å². The van der Waals surface area contributed by atoms with E-state index in [1.54, 1.807) is 18.7 Å². The summed E-state index contributed by atoms with van der Waals surface area (Å²) in [5, 5.41) is 12.0. The number of likely N-dealkylation sites (tertiary alicyclic amines) is 1. The number of amides is 2. The zero-order valence-electron chi connectivity index (χ0n) is 20.3. The highest BCUT2D eigenvalue weighted by molar-refractivity contribution is 5.91. The number of rotatable bonds is 9. The average molecular weight is 481 g/mol. The van der Waals surface area contributed by atoms with E-state index < -0.39 is 23.5 Å². The Labute approximate surface area is 205 Å². The number of hydrogen-bond donors (Lipinski definition) is 2. The molecule has 1 saturated heterocycles. The van der Waals surface area contributed by atoms with Crippen LogP contribution >= 0.6 is 0 Å². The number of carboxylic acid groups (broad SMARTS) is 1. The number of aliphatic carboxylic acids is 1. The number of ether oxygens (including phenoxy) is 2. The molecular formula is C27H32N2O6. The van der Waals surface area contributed by atoms with Crippen LogP contribution in [0.5, 0.6) is 0 Å². The Morgan fingerprint density at radius 2 is 1.66 bits per heavy atom. The number of nitrogens with zero attached hydrogens (tertiary/aromatic N) is 1. The van der Waals surface area contributed by atoms with Crippen molar-refractivity contribution in [2.24, 2.45) is 11.8 Å². The zero-order valence-corrected chi connectivity index (χ0v) is 20.3. The number of methoxy groups -OCH3 is 1. The molecule has 1 heterocycles. The molecule has 4 rings (SSSR count). The molecule has 2 aliphatic rings. The molecule has 2 amide bonds. The van der Waals surface area contributed by atoms with E-state index >= 15 is 0 Å². The smallest absolute Gasteiger partial charge is 0.408 e. The molecule has 35 heavy (non-hydrogen) atoms. The first-order valence-corrected chi connectivity index (χ1v) is 12.0. The van der Waals surface area contributed by atoms with E-state index in [1.165, 1.54) is 7.11 Å². The van der Waals surface area contributed by atoms with E-state index in [4.69, 9.17) is 9.47 Å². The lowest BCUT2D eigenvalue weighted by Crippen LogP contribution is -2.66. The van der Waals surface area contributed by atoms with Gasteiger partial charge >= 0.3 is 12.1 Å². The molecule has 2 aromatic carbocycles. The van der Waals surface area contributed by atoms with Gasteiger partial charge in [0.2, 0.25) is 0 Å². The molecule has 2 aromatic rings. The Kier molecular flexibility index (Phi) is 7.12. The summed E-state index contributed by atoms with van der Waals surface area (Å²) in [6.45, 7) is 4.25. The minimum Gasteiger partial charge on any atom is -0.481 e. The van der Waals surface area contributed by atoms with Crippen LogP contribution in [0.1, 0.15) is 37.3 Å². The van der Waals surface area contributed by atoms with Gasteiger partial charge in [0.25, 0.3) is 5.91 Å². The second-order valence-electron chi connectivity index (χ2n) is 9.42. The van der Waals surface area contributed by atoms with E-state index in [0.717, 1.165) is 22.3 Å². The molecule has 0 spiro atoms. The first-order chi connectivity index (χ1) is 16.8. The summed E-state index contributed by atoms with van der Waals surface area (Å²) in [7, 11) is 1.47. The van der Waals surface area contributed by atoms with Crippen LogP contribution in [0.15, 0.2) is 48.5 Å². The maximum absolute atomic E-state index is 13.4. The van der Waals surface area contributed by atoms with Gasteiger partial charge in [-0.25, -0.2) is 4.79 Å². The lowest BCUT2D eigenvalue weighted by molar-refractivity contribution is -0.155. The normalized spacial score (nSPS) is 17.5. The van der Waals surface area contributed by atoms with Gasteiger partial charge in [-0.3, -0.25) is 9.59 Å². The fourth-order valence-corrected chi connectivity index (χ4v) is 5.07. The van der Waals surface area contributed by atoms with Crippen molar-refractivity contribution in [2.45, 2.75) is 31.7 Å². The van der Waals surface area contributed by atoms with E-state index in [1.807, 2.05) is 36.4 Å². The molecule has 1 aliphatic carbocycles. The lowest BCUT2D eigenvalue weighted by Gasteiger charge is -2.46. The quantitative estimate of drug-likeness (QED) is 0.569. The number of alkyl carbamates (subject to hydrolysis) is 1. The highest BCUT2D eigenvalue weighted by Crippen LogP contribution is 2.44. The van der Waals surface area contributed by atoms with Gasteiger partial charge in [0.1, 0.15) is 12.1 Å². The van der Waals surface area contributed by atoms with Crippen LogP contribution in [0.4, 0.5) is 4.79 Å². The number of benzene rings is 2. The predicted molar refractivity (Wildman–Crippen MR) is 130 cm³/mol. The maximum atomic E-state index is 13.4. The van der Waals surface area contributed by atoms with Crippen molar-refractivity contribution >= 4 is 18.0 Å². The average Bonchev–Trinajstić information content (AvgIpc) is 3.15. The first-order valence-electron chi connectivity index (χ1n) is 12.0. The third-order valence-electron chi connectivity index (χ3n) is 7.38. The Bertz CT molecular complexity index is 1070. The highest BCUT2D eigenvalue weighted by atomic mass is 16.5. The first kappa shape index (κ1) is 24.7. The third kappa shape index (κ3) is 4.62. The van der Waals surface area contributed by atoms with Gasteiger partial charge in [-0.05, 0) is 28.7 Å². The van der Waals surface area contributed by atoms with Crippen molar-refractivity contribution in [3.8, 4) is 11.1 Å². The third-order valence-corrected chi connectivity index (χ3v) is 7.38. The van der Waals surface area contributed by atoms with Crippen molar-refractivity contribution in [1.82, 2.24) is 10.2 Å². The van der Waals surface area contributed by atoms with Crippen LogP contribution in [0.25, 0.3) is 11.1 Å². The van der Waals surface area contributed by atoms with Crippen molar-refractivity contribution in [1.29, 1.82) is 0 Å². The standard InChI is InChI=1S/C27H32N2O6/c1-4-27(16-34-3,25(32)29-13-18(14-29)17(2)24(30)31)28-26(33)35-15-23-21-11-7-5-9-19(21)20-10-6-8-12-22(20)23/h5-12,17-18,23H,4,13-16H2,1-3H3,(H,28,33)(H,30,31). The summed E-state index contributed by atoms with van der Waals surface area (Å²) in [4.78, 5) is 39.1. The fourth-order valence-electron chi connectivity index (χ4n) is 5.07. The van der Waals surface area contributed by atoms with Gasteiger partial charge in [0, 0.05) is 32.0 Å². The predicted octanol–water partition coefficient (Wildman–Crippen LogP) is 3.50. The topological polar surface area (TPSA) is 105 Å². The molecule has 0 radical (unpaired) electrons. The van der Waals surface area contributed by atoms with Crippen molar-refractivity contribution in [3.63, 3.8) is 0 Å². The summed E-state index contributed by atoms with van der Waals surface area (Å²) in [6, 6.07) is 16.2. The Morgan fingerprint density at radius 1 is 1.09 bits per heavy atom. The number of hydrogen-bond acceptors (Lipinski definition) is 5. The summed E-state index contributed by atoms with van der Waals surface area (Å²) >= 11 is 0. The molecule has 2 atom stereocenters. The summed E-state index contributed by atoms with van der Waals surface area (Å²) in [5.74, 6) is -1.90. The van der Waals surface area contributed by atoms with Gasteiger partial charge in [0.05, 0.1) is 12.5 Å². The van der Waals surface area contributed by atoms with Crippen LogP contribution in [0.2, 0.25) is 0 Å². The summed E-state index contributed by atoms with van der Waals surface area (Å²) in [6.07, 6.45) is -0.380. The maximum Gasteiger partial charge on any atom is 0.408 e. The molecule has 0 aromatic heterocycles. The number of nitrogens with one attached hydrogen (secondary N) is 1. The molecule has 1 fully saturated rings. The Balaban J connectivity index is 1.43. The van der Waals surface area contributed by atoms with Crippen molar-refractivity contribution in [3.05, 3.63) is 59.7 Å². The number of fused-ring (bicyclic) bond motifs is 3. The second kappa shape index (κ2) is 10.1. The molecule has 0 bridgehead atoms. The molecule has 8 heteroatoms. The lowest BCUT2D eigenvalue weighted by atomic mass is 9.84. The van der Waals surface area contributed by atoms with Gasteiger partial charge in [-0.15, -0.1) is 0 Å². The largest absolute Gasteiger partial charge is 0.481 e. The molecule has 1 aliphatic heterocycles. The van der Waals surface area contributed by atoms with Crippen LogP contribution in [0.3, 0.4) is 0 Å². The number of carbonyl (C=O) groups is 3. The Morgan fingerprint density at radius 3 is 2.17 bits per heavy atom. The fraction of sp³-hybridized carbons (Fsp3) is 0.444. The number of carbonyl (C=O) groups excluding carboxylic acids is 2. The van der Waals surface area contributed by atoms with Crippen LogP contribution in [-0.4, -0.2) is 66.9 Å². The van der Waals surface area contributed by atoms with Gasteiger partial charge in [0.15, 0.2) is 0 Å². The summed E-state index contributed by atoms with van der Waals surface area (Å²) in [5.41, 5.74) is 3.20. The Hall–Kier alpha value is -3.39. The van der Waals surface area contributed by atoms with Crippen LogP contribution < -0.4 is 5.32 Å². The van der Waals surface area contributed by atoms with Gasteiger partial charge < -0.3 is 24.8 Å². The van der Waals surface area contributed by atoms with Crippen LogP contribution in [0, 0.1) is 11.8 Å². The monoisotopic (exact) mass is 480 g/mol.